The highest BCUT2D eigenvalue weighted by Gasteiger charge is 2.32. The van der Waals surface area contributed by atoms with E-state index in [4.69, 9.17) is 9.47 Å². The summed E-state index contributed by atoms with van der Waals surface area (Å²) in [6, 6.07) is 11.0. The Bertz CT molecular complexity index is 866. The van der Waals surface area contributed by atoms with Crippen LogP contribution in [0.1, 0.15) is 12.5 Å². The average Bonchev–Trinajstić information content (AvgIpc) is 2.96. The number of hydrogen-bond acceptors (Lipinski definition) is 6. The van der Waals surface area contributed by atoms with Crippen LogP contribution >= 0.6 is 11.8 Å². The molecular formula is C19H19N3O3S. The zero-order valence-electron chi connectivity index (χ0n) is 14.8. The van der Waals surface area contributed by atoms with Crippen molar-refractivity contribution in [2.75, 3.05) is 20.8 Å². The van der Waals surface area contributed by atoms with Crippen molar-refractivity contribution in [3.63, 3.8) is 0 Å². The van der Waals surface area contributed by atoms with E-state index in [-0.39, 0.29) is 5.91 Å². The summed E-state index contributed by atoms with van der Waals surface area (Å²) in [6.45, 7) is 2.45. The number of methoxy groups -OCH3 is 2. The fourth-order valence-electron chi connectivity index (χ4n) is 2.48. The maximum atomic E-state index is 12.8. The lowest BCUT2D eigenvalue weighted by atomic mass is 10.1. The van der Waals surface area contributed by atoms with Gasteiger partial charge in [0.2, 0.25) is 0 Å². The number of likely N-dealkylation sites (N-methyl/N-ethyl adjacent to an activating group) is 1. The van der Waals surface area contributed by atoms with Crippen LogP contribution in [0, 0.1) is 0 Å². The van der Waals surface area contributed by atoms with Crippen molar-refractivity contribution in [2.24, 2.45) is 4.99 Å². The Hall–Kier alpha value is -2.80. The number of carbonyl (C=O) groups excluding carboxylic acids is 1. The number of aromatic nitrogens is 1. The van der Waals surface area contributed by atoms with Crippen molar-refractivity contribution in [3.8, 4) is 11.5 Å². The van der Waals surface area contributed by atoms with Gasteiger partial charge in [-0.2, -0.15) is 0 Å². The SMILES string of the molecule is CCN1C(=O)/C(=C/c2cc(OC)ccc2OC)S/C1=N/c1ccccn1. The first-order valence-electron chi connectivity index (χ1n) is 8.09. The number of carbonyl (C=O) groups is 1. The number of amidine groups is 1. The molecule has 1 amide bonds. The molecule has 1 fully saturated rings. The molecule has 2 heterocycles. The van der Waals surface area contributed by atoms with Gasteiger partial charge >= 0.3 is 0 Å². The van der Waals surface area contributed by atoms with E-state index in [1.807, 2.05) is 37.3 Å². The second-order valence-electron chi connectivity index (χ2n) is 5.35. The van der Waals surface area contributed by atoms with E-state index in [1.165, 1.54) is 11.8 Å². The number of aliphatic imine (C=N–C) groups is 1. The number of amides is 1. The number of nitrogens with zero attached hydrogens (tertiary/aromatic N) is 3. The van der Waals surface area contributed by atoms with Crippen LogP contribution in [0.4, 0.5) is 5.82 Å². The lowest BCUT2D eigenvalue weighted by molar-refractivity contribution is -0.122. The lowest BCUT2D eigenvalue weighted by Crippen LogP contribution is -2.28. The topological polar surface area (TPSA) is 64.0 Å². The van der Waals surface area contributed by atoms with Crippen LogP contribution < -0.4 is 9.47 Å². The maximum Gasteiger partial charge on any atom is 0.266 e. The molecule has 6 nitrogen and oxygen atoms in total. The normalized spacial score (nSPS) is 17.2. The van der Waals surface area contributed by atoms with Gasteiger partial charge in [0, 0.05) is 18.3 Å². The highest BCUT2D eigenvalue weighted by Crippen LogP contribution is 2.36. The summed E-state index contributed by atoms with van der Waals surface area (Å²) in [5, 5.41) is 0.615. The first-order valence-corrected chi connectivity index (χ1v) is 8.91. The molecule has 0 N–H and O–H groups in total. The Balaban J connectivity index is 1.98. The standard InChI is InChI=1S/C19H19N3O3S/c1-4-22-18(23)16(26-19(22)21-17-7-5-6-10-20-17)12-13-11-14(24-2)8-9-15(13)25-3/h5-12H,4H2,1-3H3/b16-12-,21-19+. The molecule has 1 aromatic heterocycles. The molecule has 134 valence electrons. The summed E-state index contributed by atoms with van der Waals surface area (Å²) in [6.07, 6.45) is 3.48. The second-order valence-corrected chi connectivity index (χ2v) is 6.36. The molecular weight excluding hydrogens is 350 g/mol. The zero-order chi connectivity index (χ0) is 18.5. The van der Waals surface area contributed by atoms with Crippen molar-refractivity contribution < 1.29 is 14.3 Å². The Labute approximate surface area is 156 Å². The number of pyridine rings is 1. The van der Waals surface area contributed by atoms with Crippen molar-refractivity contribution in [1.82, 2.24) is 9.88 Å². The van der Waals surface area contributed by atoms with Crippen LogP contribution in [0.3, 0.4) is 0 Å². The second kappa shape index (κ2) is 8.05. The smallest absolute Gasteiger partial charge is 0.266 e. The summed E-state index contributed by atoms with van der Waals surface area (Å²) in [5.41, 5.74) is 0.776. The van der Waals surface area contributed by atoms with E-state index in [0.717, 1.165) is 5.56 Å². The predicted octanol–water partition coefficient (Wildman–Crippen LogP) is 3.72. The molecule has 1 saturated heterocycles. The maximum absolute atomic E-state index is 12.8. The summed E-state index contributed by atoms with van der Waals surface area (Å²) in [4.78, 5) is 23.7. The molecule has 1 aliphatic rings. The van der Waals surface area contributed by atoms with Crippen LogP contribution in [0.25, 0.3) is 6.08 Å². The minimum atomic E-state index is -0.0861. The molecule has 1 aliphatic heterocycles. The molecule has 1 aromatic carbocycles. The number of hydrogen-bond donors (Lipinski definition) is 0. The van der Waals surface area contributed by atoms with E-state index in [0.29, 0.717) is 33.9 Å². The third-order valence-corrected chi connectivity index (χ3v) is 4.79. The molecule has 0 unspecified atom stereocenters. The summed E-state index contributed by atoms with van der Waals surface area (Å²) in [5.74, 6) is 1.85. The first kappa shape index (κ1) is 18.0. The molecule has 0 bridgehead atoms. The predicted molar refractivity (Wildman–Crippen MR) is 104 cm³/mol. The van der Waals surface area contributed by atoms with Gasteiger partial charge in [0.25, 0.3) is 5.91 Å². The Morgan fingerprint density at radius 1 is 1.23 bits per heavy atom. The van der Waals surface area contributed by atoms with Crippen LogP contribution in [0.5, 0.6) is 11.5 Å². The molecule has 0 saturated carbocycles. The van der Waals surface area contributed by atoms with E-state index in [1.54, 1.807) is 37.5 Å². The van der Waals surface area contributed by atoms with Crippen molar-refractivity contribution in [1.29, 1.82) is 0 Å². The summed E-state index contributed by atoms with van der Waals surface area (Å²) >= 11 is 1.32. The highest BCUT2D eigenvalue weighted by molar-refractivity contribution is 8.18. The first-order chi connectivity index (χ1) is 12.7. The van der Waals surface area contributed by atoms with E-state index in [9.17, 15) is 4.79 Å². The van der Waals surface area contributed by atoms with Gasteiger partial charge in [-0.3, -0.25) is 9.69 Å². The number of ether oxygens (including phenoxy) is 2. The number of rotatable bonds is 5. The zero-order valence-corrected chi connectivity index (χ0v) is 15.6. The largest absolute Gasteiger partial charge is 0.497 e. The minimum Gasteiger partial charge on any atom is -0.497 e. The molecule has 0 aliphatic carbocycles. The fourth-order valence-corrected chi connectivity index (χ4v) is 3.52. The molecule has 0 spiro atoms. The van der Waals surface area contributed by atoms with Crippen LogP contribution in [0.15, 0.2) is 52.5 Å². The third kappa shape index (κ3) is 3.72. The molecule has 0 radical (unpaired) electrons. The molecule has 0 atom stereocenters. The van der Waals surface area contributed by atoms with Gasteiger partial charge < -0.3 is 9.47 Å². The Kier molecular flexibility index (Phi) is 5.58. The fraction of sp³-hybridized carbons (Fsp3) is 0.211. The minimum absolute atomic E-state index is 0.0861. The van der Waals surface area contributed by atoms with Gasteiger partial charge in [-0.15, -0.1) is 0 Å². The van der Waals surface area contributed by atoms with Crippen molar-refractivity contribution in [2.45, 2.75) is 6.92 Å². The quantitative estimate of drug-likeness (QED) is 0.752. The van der Waals surface area contributed by atoms with Crippen LogP contribution in [0.2, 0.25) is 0 Å². The van der Waals surface area contributed by atoms with E-state index >= 15 is 0 Å². The Morgan fingerprint density at radius 3 is 2.73 bits per heavy atom. The van der Waals surface area contributed by atoms with Crippen molar-refractivity contribution >= 4 is 34.7 Å². The number of benzene rings is 1. The average molecular weight is 369 g/mol. The van der Waals surface area contributed by atoms with E-state index in [2.05, 4.69) is 9.98 Å². The van der Waals surface area contributed by atoms with Gasteiger partial charge in [0.05, 0.1) is 19.1 Å². The summed E-state index contributed by atoms with van der Waals surface area (Å²) in [7, 11) is 3.20. The number of thioether (sulfide) groups is 1. The molecule has 7 heteroatoms. The highest BCUT2D eigenvalue weighted by atomic mass is 32.2. The van der Waals surface area contributed by atoms with E-state index < -0.39 is 0 Å². The molecule has 2 aromatic rings. The third-order valence-electron chi connectivity index (χ3n) is 3.79. The Morgan fingerprint density at radius 2 is 2.08 bits per heavy atom. The van der Waals surface area contributed by atoms with Crippen LogP contribution in [-0.4, -0.2) is 41.7 Å². The van der Waals surface area contributed by atoms with Gasteiger partial charge in [0.1, 0.15) is 11.5 Å². The monoisotopic (exact) mass is 369 g/mol. The van der Waals surface area contributed by atoms with Crippen LogP contribution in [-0.2, 0) is 4.79 Å². The van der Waals surface area contributed by atoms with Gasteiger partial charge in [-0.05, 0) is 55.1 Å². The molecule has 3 rings (SSSR count). The summed E-state index contributed by atoms with van der Waals surface area (Å²) < 4.78 is 10.7. The van der Waals surface area contributed by atoms with Crippen molar-refractivity contribution in [3.05, 3.63) is 53.1 Å². The van der Waals surface area contributed by atoms with Gasteiger partial charge in [-0.1, -0.05) is 6.07 Å². The van der Waals surface area contributed by atoms with Gasteiger partial charge in [0.15, 0.2) is 11.0 Å². The van der Waals surface area contributed by atoms with Gasteiger partial charge in [-0.25, -0.2) is 9.98 Å². The molecule has 26 heavy (non-hydrogen) atoms. The lowest BCUT2D eigenvalue weighted by Gasteiger charge is -2.11.